The van der Waals surface area contributed by atoms with Crippen LogP contribution in [0.2, 0.25) is 0 Å². The summed E-state index contributed by atoms with van der Waals surface area (Å²) in [5.74, 6) is -0.387. The summed E-state index contributed by atoms with van der Waals surface area (Å²) in [5, 5.41) is 3.83. The van der Waals surface area contributed by atoms with Crippen LogP contribution in [0.3, 0.4) is 0 Å². The van der Waals surface area contributed by atoms with Gasteiger partial charge in [0.1, 0.15) is 6.10 Å². The predicted molar refractivity (Wildman–Crippen MR) is 47.9 cm³/mol. The monoisotopic (exact) mass is 199 g/mol. The highest BCUT2D eigenvalue weighted by molar-refractivity contribution is 5.96. The van der Waals surface area contributed by atoms with Crippen molar-refractivity contribution in [3.8, 4) is 0 Å². The molecular weight excluding hydrogens is 186 g/mol. The van der Waals surface area contributed by atoms with Crippen molar-refractivity contribution in [3.63, 3.8) is 0 Å². The largest absolute Gasteiger partial charge is 0.466 e. The highest BCUT2D eigenvalue weighted by Crippen LogP contribution is 2.38. The van der Waals surface area contributed by atoms with Crippen LogP contribution in [0.15, 0.2) is 5.16 Å². The number of esters is 1. The van der Waals surface area contributed by atoms with Crippen LogP contribution in [-0.4, -0.2) is 36.6 Å². The van der Waals surface area contributed by atoms with Gasteiger partial charge in [-0.3, -0.25) is 0 Å². The number of carbonyl (C=O) groups excluding carboxylic acids is 1. The normalized spacial score (nSPS) is 33.2. The highest BCUT2D eigenvalue weighted by atomic mass is 16.7. The number of carbonyl (C=O) groups is 1. The van der Waals surface area contributed by atoms with E-state index >= 15 is 0 Å². The fourth-order valence-corrected chi connectivity index (χ4v) is 1.55. The molecule has 2 atom stereocenters. The van der Waals surface area contributed by atoms with Gasteiger partial charge in [0.15, 0.2) is 0 Å². The second kappa shape index (κ2) is 2.95. The van der Waals surface area contributed by atoms with E-state index in [2.05, 4.69) is 9.89 Å². The number of hydrogen-bond acceptors (Lipinski definition) is 5. The molecule has 5 heteroatoms. The summed E-state index contributed by atoms with van der Waals surface area (Å²) in [7, 11) is 1.33. The molecule has 1 saturated heterocycles. The van der Waals surface area contributed by atoms with E-state index in [0.717, 1.165) is 5.71 Å². The van der Waals surface area contributed by atoms with Crippen molar-refractivity contribution in [3.05, 3.63) is 0 Å². The van der Waals surface area contributed by atoms with E-state index < -0.39 is 6.10 Å². The number of rotatable bonds is 2. The van der Waals surface area contributed by atoms with Crippen LogP contribution >= 0.6 is 0 Å². The Hall–Kier alpha value is -1.10. The Balaban J connectivity index is 1.92. The lowest BCUT2D eigenvalue weighted by Gasteiger charge is -2.03. The quantitative estimate of drug-likeness (QED) is 0.479. The van der Waals surface area contributed by atoms with Crippen LogP contribution in [0.25, 0.3) is 0 Å². The van der Waals surface area contributed by atoms with Gasteiger partial charge in [0.2, 0.25) is 6.10 Å². The molecule has 2 aliphatic rings. The van der Waals surface area contributed by atoms with E-state index in [1.54, 1.807) is 0 Å². The minimum Gasteiger partial charge on any atom is -0.466 e. The first kappa shape index (κ1) is 9.45. The van der Waals surface area contributed by atoms with Crippen LogP contribution in [0.1, 0.15) is 20.3 Å². The van der Waals surface area contributed by atoms with Gasteiger partial charge >= 0.3 is 5.97 Å². The Bertz CT molecular complexity index is 297. The fourth-order valence-electron chi connectivity index (χ4n) is 1.55. The summed E-state index contributed by atoms with van der Waals surface area (Å²) in [6, 6.07) is 0. The zero-order valence-electron chi connectivity index (χ0n) is 8.44. The van der Waals surface area contributed by atoms with Crippen molar-refractivity contribution in [1.29, 1.82) is 0 Å². The molecule has 2 unspecified atom stereocenters. The van der Waals surface area contributed by atoms with Crippen molar-refractivity contribution < 1.29 is 19.1 Å². The molecule has 0 saturated carbocycles. The lowest BCUT2D eigenvalue weighted by molar-refractivity contribution is -0.152. The molecule has 2 heterocycles. The van der Waals surface area contributed by atoms with Gasteiger partial charge in [0, 0.05) is 6.42 Å². The molecule has 0 aromatic heterocycles. The smallest absolute Gasteiger partial charge is 0.350 e. The predicted octanol–water partition coefficient (Wildman–Crippen LogP) is 0.482. The number of methoxy groups -OCH3 is 1. The average Bonchev–Trinajstić information content (AvgIpc) is 2.64. The Labute approximate surface area is 82.0 Å². The molecule has 0 bridgehead atoms. The SMILES string of the molecule is COC(=O)C1CC(C2OC2(C)C)=NO1. The molecule has 0 amide bonds. The lowest BCUT2D eigenvalue weighted by atomic mass is 10.0. The summed E-state index contributed by atoms with van der Waals surface area (Å²) < 4.78 is 9.94. The number of hydrogen-bond donors (Lipinski definition) is 0. The number of epoxide rings is 1. The van der Waals surface area contributed by atoms with E-state index in [1.807, 2.05) is 13.8 Å². The maximum Gasteiger partial charge on any atom is 0.350 e. The van der Waals surface area contributed by atoms with Crippen LogP contribution in [0.4, 0.5) is 0 Å². The molecule has 78 valence electrons. The van der Waals surface area contributed by atoms with Crippen LogP contribution in [0.5, 0.6) is 0 Å². The summed E-state index contributed by atoms with van der Waals surface area (Å²) >= 11 is 0. The Morgan fingerprint density at radius 3 is 2.79 bits per heavy atom. The van der Waals surface area contributed by atoms with Gasteiger partial charge in [-0.1, -0.05) is 5.16 Å². The van der Waals surface area contributed by atoms with Crippen LogP contribution in [0, 0.1) is 0 Å². The molecular formula is C9H13NO4. The first-order valence-electron chi connectivity index (χ1n) is 4.53. The maximum absolute atomic E-state index is 11.1. The molecule has 0 aromatic rings. The van der Waals surface area contributed by atoms with Gasteiger partial charge in [-0.25, -0.2) is 4.79 Å². The molecule has 2 aliphatic heterocycles. The number of ether oxygens (including phenoxy) is 2. The van der Waals surface area contributed by atoms with E-state index in [-0.39, 0.29) is 17.7 Å². The van der Waals surface area contributed by atoms with Gasteiger partial charge in [-0.05, 0) is 13.8 Å². The van der Waals surface area contributed by atoms with Crippen molar-refractivity contribution in [2.45, 2.75) is 38.1 Å². The molecule has 0 aliphatic carbocycles. The zero-order chi connectivity index (χ0) is 10.3. The Kier molecular flexibility index (Phi) is 1.99. The van der Waals surface area contributed by atoms with Crippen molar-refractivity contribution in [2.24, 2.45) is 5.16 Å². The Morgan fingerprint density at radius 1 is 1.64 bits per heavy atom. The molecule has 1 fully saturated rings. The minimum atomic E-state index is -0.588. The third-order valence-corrected chi connectivity index (χ3v) is 2.45. The summed E-state index contributed by atoms with van der Waals surface area (Å²) in [4.78, 5) is 16.0. The van der Waals surface area contributed by atoms with Crippen molar-refractivity contribution in [2.75, 3.05) is 7.11 Å². The second-order valence-corrected chi connectivity index (χ2v) is 4.01. The third-order valence-electron chi connectivity index (χ3n) is 2.45. The van der Waals surface area contributed by atoms with Crippen molar-refractivity contribution >= 4 is 11.7 Å². The molecule has 0 spiro atoms. The van der Waals surface area contributed by atoms with Crippen LogP contribution < -0.4 is 0 Å². The topological polar surface area (TPSA) is 60.4 Å². The molecule has 0 radical (unpaired) electrons. The highest BCUT2D eigenvalue weighted by Gasteiger charge is 2.53. The van der Waals surface area contributed by atoms with Gasteiger partial charge in [-0.2, -0.15) is 0 Å². The summed E-state index contributed by atoms with van der Waals surface area (Å²) in [5.41, 5.74) is 0.637. The average molecular weight is 199 g/mol. The summed E-state index contributed by atoms with van der Waals surface area (Å²) in [6.45, 7) is 3.96. The molecule has 5 nitrogen and oxygen atoms in total. The lowest BCUT2D eigenvalue weighted by Crippen LogP contribution is -2.24. The van der Waals surface area contributed by atoms with Gasteiger partial charge in [-0.15, -0.1) is 0 Å². The zero-order valence-corrected chi connectivity index (χ0v) is 8.44. The van der Waals surface area contributed by atoms with Gasteiger partial charge in [0.05, 0.1) is 18.4 Å². The first-order chi connectivity index (χ1) is 6.54. The van der Waals surface area contributed by atoms with E-state index in [4.69, 9.17) is 9.57 Å². The standard InChI is InChI=1S/C9H13NO4/c1-9(2)7(13-9)5-4-6(14-10-5)8(11)12-3/h6-7H,4H2,1-3H3. The molecule has 14 heavy (non-hydrogen) atoms. The van der Waals surface area contributed by atoms with E-state index in [1.165, 1.54) is 7.11 Å². The molecule has 0 aromatic carbocycles. The minimum absolute atomic E-state index is 0.00263. The molecule has 2 rings (SSSR count). The summed E-state index contributed by atoms with van der Waals surface area (Å²) in [6.07, 6.45) is -0.118. The first-order valence-corrected chi connectivity index (χ1v) is 4.53. The molecule has 0 N–H and O–H groups in total. The third kappa shape index (κ3) is 1.48. The Morgan fingerprint density at radius 2 is 2.29 bits per heavy atom. The second-order valence-electron chi connectivity index (χ2n) is 4.01. The fraction of sp³-hybridized carbons (Fsp3) is 0.778. The number of nitrogens with zero attached hydrogens (tertiary/aromatic N) is 1. The van der Waals surface area contributed by atoms with Crippen LogP contribution in [-0.2, 0) is 19.1 Å². The van der Waals surface area contributed by atoms with E-state index in [0.29, 0.717) is 6.42 Å². The number of oxime groups is 1. The van der Waals surface area contributed by atoms with Gasteiger partial charge < -0.3 is 14.3 Å². The maximum atomic E-state index is 11.1. The van der Waals surface area contributed by atoms with Crippen molar-refractivity contribution in [1.82, 2.24) is 0 Å². The van der Waals surface area contributed by atoms with Gasteiger partial charge in [0.25, 0.3) is 0 Å². The van der Waals surface area contributed by atoms with E-state index in [9.17, 15) is 4.79 Å².